The average Bonchev–Trinajstić information content (AvgIpc) is 2.96. The maximum Gasteiger partial charge on any atom is 0.239 e. The highest BCUT2D eigenvalue weighted by molar-refractivity contribution is 5.89. The van der Waals surface area contributed by atoms with E-state index in [9.17, 15) is 4.79 Å². The van der Waals surface area contributed by atoms with Gasteiger partial charge in [-0.3, -0.25) is 4.79 Å². The van der Waals surface area contributed by atoms with Crippen molar-refractivity contribution >= 4 is 11.0 Å². The normalized spacial score (nSPS) is 11.7. The zero-order valence-electron chi connectivity index (χ0n) is 24.3. The van der Waals surface area contributed by atoms with Gasteiger partial charge in [0.2, 0.25) is 16.9 Å². The zero-order chi connectivity index (χ0) is 29.0. The van der Waals surface area contributed by atoms with E-state index in [1.807, 2.05) is 19.9 Å². The van der Waals surface area contributed by atoms with E-state index >= 15 is 0 Å². The predicted molar refractivity (Wildman–Crippen MR) is 155 cm³/mol. The smallest absolute Gasteiger partial charge is 0.239 e. The van der Waals surface area contributed by atoms with Gasteiger partial charge in [-0.2, -0.15) is 0 Å². The maximum atomic E-state index is 14.3. The van der Waals surface area contributed by atoms with Crippen molar-refractivity contribution in [2.75, 3.05) is 35.5 Å². The van der Waals surface area contributed by atoms with Gasteiger partial charge >= 0.3 is 0 Å². The van der Waals surface area contributed by atoms with E-state index in [0.29, 0.717) is 40.7 Å². The Balaban J connectivity index is 2.05. The second-order valence-corrected chi connectivity index (χ2v) is 9.46. The topological polar surface area (TPSA) is 85.6 Å². The highest BCUT2D eigenvalue weighted by atomic mass is 16.5. The molecule has 8 nitrogen and oxygen atoms in total. The molecule has 0 aliphatic carbocycles. The molecule has 0 saturated carbocycles. The Hall–Kier alpha value is -4.33. The molecular formula is C32H36O8. The van der Waals surface area contributed by atoms with E-state index in [-0.39, 0.29) is 27.9 Å². The summed E-state index contributed by atoms with van der Waals surface area (Å²) in [7, 11) is 7.62. The van der Waals surface area contributed by atoms with Crippen LogP contribution < -0.4 is 33.8 Å². The Morgan fingerprint density at radius 2 is 1.45 bits per heavy atom. The van der Waals surface area contributed by atoms with E-state index in [2.05, 4.69) is 19.1 Å². The highest BCUT2D eigenvalue weighted by Crippen LogP contribution is 2.45. The van der Waals surface area contributed by atoms with Crippen LogP contribution in [0.1, 0.15) is 42.6 Å². The first kappa shape index (κ1) is 28.7. The minimum absolute atomic E-state index is 0.0589. The van der Waals surface area contributed by atoms with Crippen molar-refractivity contribution in [2.45, 2.75) is 39.7 Å². The van der Waals surface area contributed by atoms with Crippen LogP contribution in [0.25, 0.3) is 22.3 Å². The van der Waals surface area contributed by atoms with E-state index in [1.54, 1.807) is 24.3 Å². The molecule has 0 aliphatic rings. The molecule has 1 atom stereocenters. The Morgan fingerprint density at radius 1 is 0.775 bits per heavy atom. The van der Waals surface area contributed by atoms with Gasteiger partial charge in [0.05, 0.1) is 35.5 Å². The second kappa shape index (κ2) is 12.2. The Morgan fingerprint density at radius 3 is 2.00 bits per heavy atom. The molecule has 0 spiro atoms. The highest BCUT2D eigenvalue weighted by Gasteiger charge is 2.27. The quantitative estimate of drug-likeness (QED) is 0.197. The number of rotatable bonds is 11. The Bertz CT molecular complexity index is 1540. The van der Waals surface area contributed by atoms with Gasteiger partial charge in [0.15, 0.2) is 17.3 Å². The summed E-state index contributed by atoms with van der Waals surface area (Å²) in [6.45, 7) is 6.18. The van der Waals surface area contributed by atoms with Gasteiger partial charge < -0.3 is 32.8 Å². The van der Waals surface area contributed by atoms with Crippen molar-refractivity contribution in [2.24, 2.45) is 0 Å². The van der Waals surface area contributed by atoms with Crippen molar-refractivity contribution in [1.82, 2.24) is 0 Å². The lowest BCUT2D eigenvalue weighted by atomic mass is 9.98. The molecule has 0 saturated heterocycles. The summed E-state index contributed by atoms with van der Waals surface area (Å²) in [5, 5.41) is 0.255. The number of methoxy groups -OCH3 is 5. The molecule has 4 rings (SSSR count). The van der Waals surface area contributed by atoms with Gasteiger partial charge in [0, 0.05) is 17.7 Å². The van der Waals surface area contributed by atoms with Crippen LogP contribution in [-0.2, 0) is 0 Å². The standard InChI is InChI=1S/C32H36O8/c1-9-10-23(22-12-11-18(2)13-19(22)3)39-32-29(33)28-24(35-5)16-21(34-4)17-25(28)40-30(32)20-14-26(36-6)31(38-8)27(15-20)37-7/h11-17,23H,9-10H2,1-8H3. The first-order valence-corrected chi connectivity index (χ1v) is 13.1. The molecule has 0 bridgehead atoms. The van der Waals surface area contributed by atoms with Crippen molar-refractivity contribution in [3.05, 3.63) is 69.4 Å². The van der Waals surface area contributed by atoms with Gasteiger partial charge in [-0.25, -0.2) is 0 Å². The number of ether oxygens (including phenoxy) is 6. The monoisotopic (exact) mass is 548 g/mol. The van der Waals surface area contributed by atoms with Gasteiger partial charge in [0.1, 0.15) is 28.6 Å². The summed E-state index contributed by atoms with van der Waals surface area (Å²) in [5.41, 5.74) is 3.68. The first-order valence-electron chi connectivity index (χ1n) is 13.1. The van der Waals surface area contributed by atoms with Crippen LogP contribution in [0.2, 0.25) is 0 Å². The third-order valence-electron chi connectivity index (χ3n) is 6.86. The lowest BCUT2D eigenvalue weighted by Gasteiger charge is -2.23. The van der Waals surface area contributed by atoms with Gasteiger partial charge in [-0.05, 0) is 43.5 Å². The van der Waals surface area contributed by atoms with Crippen molar-refractivity contribution < 1.29 is 32.8 Å². The van der Waals surface area contributed by atoms with Crippen molar-refractivity contribution in [3.8, 4) is 45.8 Å². The summed E-state index contributed by atoms with van der Waals surface area (Å²) in [5.74, 6) is 2.32. The second-order valence-electron chi connectivity index (χ2n) is 9.46. The third kappa shape index (κ3) is 5.39. The summed E-state index contributed by atoms with van der Waals surface area (Å²) >= 11 is 0. The SMILES string of the molecule is CCCC(Oc1c(-c2cc(OC)c(OC)c(OC)c2)oc2cc(OC)cc(OC)c2c1=O)c1ccc(C)cc1C. The van der Waals surface area contributed by atoms with Gasteiger partial charge in [-0.1, -0.05) is 37.1 Å². The fourth-order valence-electron chi connectivity index (χ4n) is 4.90. The van der Waals surface area contributed by atoms with Gasteiger partial charge in [-0.15, -0.1) is 0 Å². The molecule has 0 amide bonds. The fourth-order valence-corrected chi connectivity index (χ4v) is 4.90. The lowest BCUT2D eigenvalue weighted by Crippen LogP contribution is -2.16. The molecule has 1 unspecified atom stereocenters. The third-order valence-corrected chi connectivity index (χ3v) is 6.86. The van der Waals surface area contributed by atoms with Crippen LogP contribution in [0.4, 0.5) is 0 Å². The number of hydrogen-bond acceptors (Lipinski definition) is 8. The fraction of sp³-hybridized carbons (Fsp3) is 0.344. The van der Waals surface area contributed by atoms with E-state index in [0.717, 1.165) is 23.1 Å². The minimum atomic E-state index is -0.393. The lowest BCUT2D eigenvalue weighted by molar-refractivity contribution is 0.188. The van der Waals surface area contributed by atoms with Crippen LogP contribution in [0.15, 0.2) is 51.7 Å². The van der Waals surface area contributed by atoms with Crippen LogP contribution >= 0.6 is 0 Å². The molecule has 1 aromatic heterocycles. The predicted octanol–water partition coefficient (Wildman–Crippen LogP) is 7.04. The number of fused-ring (bicyclic) bond motifs is 1. The summed E-state index contributed by atoms with van der Waals surface area (Å²) in [4.78, 5) is 14.3. The molecule has 1 heterocycles. The van der Waals surface area contributed by atoms with Crippen LogP contribution in [0.5, 0.6) is 34.5 Å². The maximum absolute atomic E-state index is 14.3. The average molecular weight is 549 g/mol. The van der Waals surface area contributed by atoms with Crippen LogP contribution in [-0.4, -0.2) is 35.5 Å². The molecule has 3 aromatic carbocycles. The van der Waals surface area contributed by atoms with Crippen molar-refractivity contribution in [3.63, 3.8) is 0 Å². The van der Waals surface area contributed by atoms with Crippen LogP contribution in [0.3, 0.4) is 0 Å². The molecule has 0 fully saturated rings. The Labute approximate surface area is 234 Å². The molecule has 40 heavy (non-hydrogen) atoms. The summed E-state index contributed by atoms with van der Waals surface area (Å²) in [6, 6.07) is 13.0. The summed E-state index contributed by atoms with van der Waals surface area (Å²) < 4.78 is 40.8. The zero-order valence-corrected chi connectivity index (χ0v) is 24.3. The number of benzene rings is 3. The molecule has 0 N–H and O–H groups in total. The Kier molecular flexibility index (Phi) is 8.77. The first-order chi connectivity index (χ1) is 19.3. The van der Waals surface area contributed by atoms with Gasteiger partial charge in [0.25, 0.3) is 0 Å². The van der Waals surface area contributed by atoms with E-state index in [4.69, 9.17) is 32.8 Å². The van der Waals surface area contributed by atoms with Crippen molar-refractivity contribution in [1.29, 1.82) is 0 Å². The number of aryl methyl sites for hydroxylation is 2. The summed E-state index contributed by atoms with van der Waals surface area (Å²) in [6.07, 6.45) is 1.14. The van der Waals surface area contributed by atoms with Crippen LogP contribution in [0, 0.1) is 13.8 Å². The molecular weight excluding hydrogens is 512 g/mol. The molecule has 4 aromatic rings. The molecule has 8 heteroatoms. The van der Waals surface area contributed by atoms with E-state index < -0.39 is 6.10 Å². The molecule has 0 radical (unpaired) electrons. The van der Waals surface area contributed by atoms with E-state index in [1.165, 1.54) is 35.5 Å². The molecule has 212 valence electrons. The number of hydrogen-bond donors (Lipinski definition) is 0. The largest absolute Gasteiger partial charge is 0.496 e. The minimum Gasteiger partial charge on any atom is -0.496 e. The molecule has 0 aliphatic heterocycles.